The van der Waals surface area contributed by atoms with Crippen molar-refractivity contribution in [2.45, 2.75) is 6.54 Å². The van der Waals surface area contributed by atoms with Gasteiger partial charge in [0.1, 0.15) is 5.69 Å². The minimum Gasteiger partial charge on any atom is -0.501 e. The molecule has 3 amide bonds. The Balaban J connectivity index is -0.000000156. The van der Waals surface area contributed by atoms with Crippen molar-refractivity contribution in [1.29, 1.82) is 0 Å². The van der Waals surface area contributed by atoms with Crippen molar-refractivity contribution in [3.63, 3.8) is 0 Å². The molecule has 0 aliphatic heterocycles. The number of rotatable bonds is 4. The van der Waals surface area contributed by atoms with Crippen LogP contribution in [0.2, 0.25) is 0 Å². The molecule has 0 fully saturated rings. The van der Waals surface area contributed by atoms with Crippen LogP contribution in [0.25, 0.3) is 0 Å². The summed E-state index contributed by atoms with van der Waals surface area (Å²) in [5, 5.41) is 17.2. The van der Waals surface area contributed by atoms with Crippen LogP contribution in [0.4, 0.5) is 0 Å². The van der Waals surface area contributed by atoms with E-state index in [9.17, 15) is 14.4 Å². The molecule has 0 bridgehead atoms. The minimum atomic E-state index is -0.310. The minimum absolute atomic E-state index is 0. The van der Waals surface area contributed by atoms with Gasteiger partial charge in [-0.2, -0.15) is 5.10 Å². The molecule has 2 radical (unpaired) electrons. The molecule has 2 heterocycles. The molecule has 2 aromatic rings. The van der Waals surface area contributed by atoms with Gasteiger partial charge in [-0.3, -0.25) is 28.4 Å². The molecule has 2 rings (SSSR count). The molecule has 0 saturated heterocycles. The normalized spacial score (nSPS) is 7.93. The predicted molar refractivity (Wildman–Crippen MR) is 102 cm³/mol. The molecule has 0 atom stereocenters. The van der Waals surface area contributed by atoms with Crippen LogP contribution in [0, 0.1) is 27.9 Å². The molecule has 0 aliphatic carbocycles. The van der Waals surface area contributed by atoms with Crippen LogP contribution in [0.1, 0.15) is 11.4 Å². The maximum atomic E-state index is 10.3. The van der Waals surface area contributed by atoms with Gasteiger partial charge in [0.15, 0.2) is 12.8 Å². The van der Waals surface area contributed by atoms with Gasteiger partial charge in [-0.15, -0.1) is 5.10 Å². The van der Waals surface area contributed by atoms with Gasteiger partial charge in [0.2, 0.25) is 0 Å². The van der Waals surface area contributed by atoms with Crippen molar-refractivity contribution in [2.75, 3.05) is 14.1 Å². The third-order valence-electron chi connectivity index (χ3n) is 2.13. The zero-order chi connectivity index (χ0) is 22.1. The van der Waals surface area contributed by atoms with E-state index in [1.54, 1.807) is 42.9 Å². The zero-order valence-corrected chi connectivity index (χ0v) is 23.5. The fraction of sp³-hybridized carbons (Fsp3) is 0.312. The van der Waals surface area contributed by atoms with Crippen LogP contribution in [-0.2, 0) is 100 Å². The summed E-state index contributed by atoms with van der Waals surface area (Å²) in [5.41, 5.74) is 1.44. The molecule has 0 unspecified atom stereocenters. The van der Waals surface area contributed by atoms with Crippen molar-refractivity contribution < 1.29 is 79.8 Å². The molecule has 0 aliphatic rings. The zero-order valence-electron chi connectivity index (χ0n) is 17.8. The number of nitrogens with one attached hydrogen (secondary N) is 1. The van der Waals surface area contributed by atoms with Crippen LogP contribution in [0.5, 0.6) is 0 Å². The first-order valence-corrected chi connectivity index (χ1v) is 7.62. The quantitative estimate of drug-likeness (QED) is 0.368. The van der Waals surface area contributed by atoms with E-state index in [2.05, 4.69) is 53.9 Å². The molecule has 14 heteroatoms. The van der Waals surface area contributed by atoms with Gasteiger partial charge in [0, 0.05) is 85.7 Å². The van der Waals surface area contributed by atoms with E-state index in [4.69, 9.17) is 0 Å². The monoisotopic (exact) mass is 571 g/mol. The van der Waals surface area contributed by atoms with Crippen molar-refractivity contribution in [3.05, 3.63) is 51.7 Å². The standard InChI is InChI=1S/C6H9N4O.C4H6N3.2C3H6NO.2Y/c1-5(11)7-3-6-4-10(2)9-8-6;1-4-3-7(2)6-5-4;2*1-4(2)3-5;;/h4H,1,3H2,2H3,(H,7,11);3H,1H2,2H3;2*3H,1H2,2H3;;/q4*-1;;. The number of amides is 3. The Kier molecular flexibility index (Phi) is 26.8. The van der Waals surface area contributed by atoms with Crippen molar-refractivity contribution in [1.82, 2.24) is 45.1 Å². The van der Waals surface area contributed by atoms with Crippen molar-refractivity contribution in [3.8, 4) is 0 Å². The molecule has 0 saturated carbocycles. The summed E-state index contributed by atoms with van der Waals surface area (Å²) >= 11 is 0. The third kappa shape index (κ3) is 26.6. The fourth-order valence-corrected chi connectivity index (χ4v) is 1.06. The molecular weight excluding hydrogens is 544 g/mol. The third-order valence-corrected chi connectivity index (χ3v) is 2.13. The van der Waals surface area contributed by atoms with Gasteiger partial charge in [-0.25, -0.2) is 6.92 Å². The van der Waals surface area contributed by atoms with E-state index >= 15 is 0 Å². The predicted octanol–water partition coefficient (Wildman–Crippen LogP) is -1.01. The molecule has 1 N–H and O–H groups in total. The molecule has 0 aromatic carbocycles. The average molecular weight is 571 g/mol. The Morgan fingerprint density at radius 3 is 1.63 bits per heavy atom. The number of nitrogens with zero attached hydrogens (tertiary/aromatic N) is 8. The van der Waals surface area contributed by atoms with Gasteiger partial charge in [-0.05, 0) is 14.1 Å². The fourth-order valence-electron chi connectivity index (χ4n) is 1.06. The molecule has 164 valence electrons. The Morgan fingerprint density at radius 2 is 1.43 bits per heavy atom. The average Bonchev–Trinajstić information content (AvgIpc) is 3.21. The van der Waals surface area contributed by atoms with E-state index in [1.165, 1.54) is 9.80 Å². The number of hydrogen-bond acceptors (Lipinski definition) is 7. The Labute approximate surface area is 228 Å². The molecule has 30 heavy (non-hydrogen) atoms. The number of hydrogen-bond donors (Lipinski definition) is 1. The number of aryl methyl sites for hydroxylation is 2. The summed E-state index contributed by atoms with van der Waals surface area (Å²) in [6.45, 7) is 7.09. The van der Waals surface area contributed by atoms with Crippen LogP contribution in [-0.4, -0.2) is 72.6 Å². The van der Waals surface area contributed by atoms with Gasteiger partial charge >= 0.3 is 0 Å². The molecule has 2 aromatic heterocycles. The molecular formula is C16H27N9O3Y2-4. The summed E-state index contributed by atoms with van der Waals surface area (Å²) in [5.74, 6) is -0.310. The first kappa shape index (κ1) is 36.0. The summed E-state index contributed by atoms with van der Waals surface area (Å²) in [6, 6.07) is 0. The smallest absolute Gasteiger partial charge is 0.180 e. The van der Waals surface area contributed by atoms with E-state index in [1.807, 2.05) is 7.05 Å². The Bertz CT molecular complexity index is 663. The summed E-state index contributed by atoms with van der Waals surface area (Å²) in [7, 11) is 13.2. The van der Waals surface area contributed by atoms with E-state index in [0.29, 0.717) is 25.1 Å². The van der Waals surface area contributed by atoms with Crippen molar-refractivity contribution in [2.24, 2.45) is 14.1 Å². The van der Waals surface area contributed by atoms with Crippen molar-refractivity contribution >= 4 is 18.7 Å². The topological polar surface area (TPSA) is 131 Å². The number of carbonyl (C=O) groups excluding carboxylic acids is 3. The maximum absolute atomic E-state index is 10.3. The van der Waals surface area contributed by atoms with E-state index < -0.39 is 0 Å². The van der Waals surface area contributed by atoms with Gasteiger partial charge < -0.3 is 31.5 Å². The van der Waals surface area contributed by atoms with Crippen LogP contribution in [0.3, 0.4) is 0 Å². The first-order chi connectivity index (χ1) is 13.0. The van der Waals surface area contributed by atoms with Crippen LogP contribution >= 0.6 is 0 Å². The van der Waals surface area contributed by atoms with Crippen LogP contribution in [0.15, 0.2) is 12.4 Å². The molecule has 12 nitrogen and oxygen atoms in total. The van der Waals surface area contributed by atoms with E-state index in [-0.39, 0.29) is 71.3 Å². The Morgan fingerprint density at radius 1 is 1.03 bits per heavy atom. The second-order valence-electron chi connectivity index (χ2n) is 5.27. The maximum Gasteiger partial charge on any atom is 0.180 e. The second-order valence-corrected chi connectivity index (χ2v) is 5.27. The first-order valence-electron chi connectivity index (χ1n) is 7.62. The number of aromatic nitrogens is 6. The van der Waals surface area contributed by atoms with Crippen LogP contribution < -0.4 is 5.32 Å². The van der Waals surface area contributed by atoms with Gasteiger partial charge in [0.05, 0.1) is 12.5 Å². The van der Waals surface area contributed by atoms with Gasteiger partial charge in [0.25, 0.3) is 0 Å². The second kappa shape index (κ2) is 22.3. The summed E-state index contributed by atoms with van der Waals surface area (Å²) < 4.78 is 3.19. The SMILES string of the molecule is [CH2-]C(=O)NCc1cn(C)nn1.[CH2-]N(C)C=O.[CH2-]N(C)C=O.[CH2-]c1cn(C)nn1.[Y].[Y]. The van der Waals surface area contributed by atoms with Gasteiger partial charge in [-0.1, -0.05) is 22.3 Å². The van der Waals surface area contributed by atoms with E-state index in [0.717, 1.165) is 5.69 Å². The molecule has 0 spiro atoms. The largest absolute Gasteiger partial charge is 0.501 e. The number of carbonyl (C=O) groups is 3. The Hall–Kier alpha value is -1.36. The summed E-state index contributed by atoms with van der Waals surface area (Å²) in [6.07, 6.45) is 4.76. The summed E-state index contributed by atoms with van der Waals surface area (Å²) in [4.78, 5) is 31.5.